The standard InChI is InChI=1S/C13H18O4/c1-13(2,9-14)12(15)17-10-16-8-11-6-4-3-5-7-11/h3-7,14H,8-10H2,1-2H3. The number of aliphatic hydroxyl groups is 1. The second-order valence-electron chi connectivity index (χ2n) is 4.43. The minimum Gasteiger partial charge on any atom is -0.438 e. The van der Waals surface area contributed by atoms with Crippen molar-refractivity contribution >= 4 is 5.97 Å². The highest BCUT2D eigenvalue weighted by Crippen LogP contribution is 2.15. The average molecular weight is 238 g/mol. The molecule has 0 aliphatic rings. The molecule has 0 aliphatic carbocycles. The molecular formula is C13H18O4. The third kappa shape index (κ3) is 4.54. The molecule has 4 heteroatoms. The van der Waals surface area contributed by atoms with Crippen molar-refractivity contribution in [2.75, 3.05) is 13.4 Å². The first-order valence-corrected chi connectivity index (χ1v) is 5.46. The van der Waals surface area contributed by atoms with Crippen molar-refractivity contribution in [3.63, 3.8) is 0 Å². The van der Waals surface area contributed by atoms with Crippen LogP contribution < -0.4 is 0 Å². The van der Waals surface area contributed by atoms with Crippen LogP contribution >= 0.6 is 0 Å². The van der Waals surface area contributed by atoms with Gasteiger partial charge in [-0.25, -0.2) is 0 Å². The van der Waals surface area contributed by atoms with E-state index < -0.39 is 11.4 Å². The molecule has 1 aromatic rings. The molecule has 1 N–H and O–H groups in total. The molecule has 0 heterocycles. The van der Waals surface area contributed by atoms with Crippen molar-refractivity contribution in [2.45, 2.75) is 20.5 Å². The molecule has 0 saturated heterocycles. The molecule has 0 amide bonds. The minimum absolute atomic E-state index is 0.100. The minimum atomic E-state index is -0.879. The zero-order chi connectivity index (χ0) is 12.7. The summed E-state index contributed by atoms with van der Waals surface area (Å²) in [6.07, 6.45) is 0. The Labute approximate surface area is 101 Å². The zero-order valence-corrected chi connectivity index (χ0v) is 10.2. The first kappa shape index (κ1) is 13.7. The molecule has 4 nitrogen and oxygen atoms in total. The number of aliphatic hydroxyl groups excluding tert-OH is 1. The maximum absolute atomic E-state index is 11.4. The number of hydrogen-bond acceptors (Lipinski definition) is 4. The Balaban J connectivity index is 2.23. The van der Waals surface area contributed by atoms with Gasteiger partial charge in [-0.1, -0.05) is 30.3 Å². The van der Waals surface area contributed by atoms with Crippen molar-refractivity contribution < 1.29 is 19.4 Å². The summed E-state index contributed by atoms with van der Waals surface area (Å²) in [5.41, 5.74) is 0.140. The van der Waals surface area contributed by atoms with Crippen LogP contribution in [0.25, 0.3) is 0 Å². The smallest absolute Gasteiger partial charge is 0.315 e. The van der Waals surface area contributed by atoms with Gasteiger partial charge >= 0.3 is 5.97 Å². The van der Waals surface area contributed by atoms with E-state index in [1.807, 2.05) is 30.3 Å². The predicted molar refractivity (Wildman–Crippen MR) is 63.1 cm³/mol. The van der Waals surface area contributed by atoms with Gasteiger partial charge in [0.05, 0.1) is 18.6 Å². The summed E-state index contributed by atoms with van der Waals surface area (Å²) in [5.74, 6) is -0.465. The Morgan fingerprint density at radius 2 is 1.94 bits per heavy atom. The Morgan fingerprint density at radius 3 is 2.53 bits per heavy atom. The molecule has 0 aliphatic heterocycles. The van der Waals surface area contributed by atoms with Gasteiger partial charge in [0, 0.05) is 0 Å². The molecule has 0 bridgehead atoms. The van der Waals surface area contributed by atoms with Crippen molar-refractivity contribution in [3.05, 3.63) is 35.9 Å². The van der Waals surface area contributed by atoms with Gasteiger partial charge in [-0.15, -0.1) is 0 Å². The van der Waals surface area contributed by atoms with Gasteiger partial charge in [0.2, 0.25) is 0 Å². The van der Waals surface area contributed by atoms with Crippen LogP contribution in [0.3, 0.4) is 0 Å². The Morgan fingerprint density at radius 1 is 1.29 bits per heavy atom. The molecule has 0 radical (unpaired) electrons. The molecule has 1 rings (SSSR count). The molecule has 0 saturated carbocycles. The summed E-state index contributed by atoms with van der Waals surface area (Å²) in [4.78, 5) is 11.4. The Hall–Kier alpha value is -1.39. The summed E-state index contributed by atoms with van der Waals surface area (Å²) >= 11 is 0. The maximum atomic E-state index is 11.4. The first-order chi connectivity index (χ1) is 8.06. The average Bonchev–Trinajstić information content (AvgIpc) is 2.35. The fourth-order valence-electron chi connectivity index (χ4n) is 1.09. The largest absolute Gasteiger partial charge is 0.438 e. The molecular weight excluding hydrogens is 220 g/mol. The number of hydrogen-bond donors (Lipinski definition) is 1. The second-order valence-corrected chi connectivity index (χ2v) is 4.43. The van der Waals surface area contributed by atoms with Gasteiger partial charge in [-0.05, 0) is 19.4 Å². The zero-order valence-electron chi connectivity index (χ0n) is 10.2. The third-order valence-electron chi connectivity index (χ3n) is 2.33. The normalized spacial score (nSPS) is 11.2. The van der Waals surface area contributed by atoms with E-state index in [2.05, 4.69) is 0 Å². The van der Waals surface area contributed by atoms with Crippen LogP contribution in [0.15, 0.2) is 30.3 Å². The first-order valence-electron chi connectivity index (χ1n) is 5.46. The van der Waals surface area contributed by atoms with E-state index in [1.54, 1.807) is 13.8 Å². The molecule has 94 valence electrons. The maximum Gasteiger partial charge on any atom is 0.315 e. The molecule has 0 fully saturated rings. The van der Waals surface area contributed by atoms with E-state index in [0.717, 1.165) is 5.56 Å². The number of benzene rings is 1. The van der Waals surface area contributed by atoms with E-state index in [0.29, 0.717) is 6.61 Å². The fourth-order valence-corrected chi connectivity index (χ4v) is 1.09. The van der Waals surface area contributed by atoms with Crippen LogP contribution in [0.5, 0.6) is 0 Å². The molecule has 0 aromatic heterocycles. The monoisotopic (exact) mass is 238 g/mol. The lowest BCUT2D eigenvalue weighted by Gasteiger charge is -2.19. The van der Waals surface area contributed by atoms with Crippen molar-refractivity contribution in [2.24, 2.45) is 5.41 Å². The highest BCUT2D eigenvalue weighted by Gasteiger charge is 2.28. The fraction of sp³-hybridized carbons (Fsp3) is 0.462. The SMILES string of the molecule is CC(C)(CO)C(=O)OCOCc1ccccc1. The van der Waals surface area contributed by atoms with Crippen LogP contribution in [0.1, 0.15) is 19.4 Å². The molecule has 1 aromatic carbocycles. The number of carbonyl (C=O) groups excluding carboxylic acids is 1. The lowest BCUT2D eigenvalue weighted by atomic mass is 9.95. The lowest BCUT2D eigenvalue weighted by Crippen LogP contribution is -2.30. The van der Waals surface area contributed by atoms with Crippen molar-refractivity contribution in [1.82, 2.24) is 0 Å². The van der Waals surface area contributed by atoms with Gasteiger partial charge < -0.3 is 14.6 Å². The highest BCUT2D eigenvalue weighted by molar-refractivity contribution is 5.75. The van der Waals surface area contributed by atoms with Crippen LogP contribution in [0.4, 0.5) is 0 Å². The van der Waals surface area contributed by atoms with Gasteiger partial charge in [0.15, 0.2) is 6.79 Å². The number of esters is 1. The van der Waals surface area contributed by atoms with E-state index in [9.17, 15) is 4.79 Å². The van der Waals surface area contributed by atoms with E-state index in [4.69, 9.17) is 14.6 Å². The Bertz CT molecular complexity index is 346. The van der Waals surface area contributed by atoms with Crippen LogP contribution in [0.2, 0.25) is 0 Å². The topological polar surface area (TPSA) is 55.8 Å². The van der Waals surface area contributed by atoms with Crippen molar-refractivity contribution in [1.29, 1.82) is 0 Å². The van der Waals surface area contributed by atoms with Gasteiger partial charge in [0.25, 0.3) is 0 Å². The number of carbonyl (C=O) groups is 1. The summed E-state index contributed by atoms with van der Waals surface area (Å²) in [6, 6.07) is 9.62. The van der Waals surface area contributed by atoms with Gasteiger partial charge in [0.1, 0.15) is 0 Å². The summed E-state index contributed by atoms with van der Waals surface area (Å²) in [6.45, 7) is 3.29. The molecule has 0 unspecified atom stereocenters. The van der Waals surface area contributed by atoms with Crippen LogP contribution in [0, 0.1) is 5.41 Å². The number of ether oxygens (including phenoxy) is 2. The summed E-state index contributed by atoms with van der Waals surface area (Å²) < 4.78 is 10.1. The molecule has 0 spiro atoms. The van der Waals surface area contributed by atoms with Crippen LogP contribution in [-0.2, 0) is 20.9 Å². The van der Waals surface area contributed by atoms with Crippen LogP contribution in [-0.4, -0.2) is 24.5 Å². The van der Waals surface area contributed by atoms with E-state index >= 15 is 0 Å². The lowest BCUT2D eigenvalue weighted by molar-refractivity contribution is -0.169. The van der Waals surface area contributed by atoms with Gasteiger partial charge in [-0.3, -0.25) is 4.79 Å². The quantitative estimate of drug-likeness (QED) is 0.466. The summed E-state index contributed by atoms with van der Waals surface area (Å²) in [7, 11) is 0. The predicted octanol–water partition coefficient (Wildman–Crippen LogP) is 1.72. The Kier molecular flexibility index (Phi) is 5.12. The van der Waals surface area contributed by atoms with Gasteiger partial charge in [-0.2, -0.15) is 0 Å². The number of rotatable bonds is 6. The van der Waals surface area contributed by atoms with E-state index in [-0.39, 0.29) is 13.4 Å². The third-order valence-corrected chi connectivity index (χ3v) is 2.33. The highest BCUT2D eigenvalue weighted by atomic mass is 16.7. The summed E-state index contributed by atoms with van der Waals surface area (Å²) in [5, 5.41) is 8.96. The van der Waals surface area contributed by atoms with Crippen molar-refractivity contribution in [3.8, 4) is 0 Å². The van der Waals surface area contributed by atoms with E-state index in [1.165, 1.54) is 0 Å². The molecule has 0 atom stereocenters. The second kappa shape index (κ2) is 6.37. The molecule has 17 heavy (non-hydrogen) atoms.